The van der Waals surface area contributed by atoms with Crippen LogP contribution >= 0.6 is 0 Å². The number of carbonyl (C=O) groups excluding carboxylic acids is 1. The topological polar surface area (TPSA) is 55.6 Å². The summed E-state index contributed by atoms with van der Waals surface area (Å²) in [4.78, 5) is 14.0. The van der Waals surface area contributed by atoms with Gasteiger partial charge < -0.3 is 15.4 Å². The Labute approximate surface area is 112 Å². The predicted molar refractivity (Wildman–Crippen MR) is 71.4 cm³/mol. The van der Waals surface area contributed by atoms with Crippen LogP contribution in [0.2, 0.25) is 0 Å². The van der Waals surface area contributed by atoms with Crippen LogP contribution in [0.1, 0.15) is 29.6 Å². The minimum absolute atomic E-state index is 0.0329. The van der Waals surface area contributed by atoms with Crippen molar-refractivity contribution in [3.8, 4) is 0 Å². The van der Waals surface area contributed by atoms with Gasteiger partial charge in [0.05, 0.1) is 17.9 Å². The highest BCUT2D eigenvalue weighted by Gasteiger charge is 2.12. The molecule has 1 saturated heterocycles. The normalized spacial score (nSPS) is 15.6. The fourth-order valence-electron chi connectivity index (χ4n) is 2.20. The summed E-state index contributed by atoms with van der Waals surface area (Å²) in [6.45, 7) is 3.58. The van der Waals surface area contributed by atoms with Crippen LogP contribution in [0, 0.1) is 5.82 Å². The van der Waals surface area contributed by atoms with Gasteiger partial charge in [0.25, 0.3) is 0 Å². The number of benzene rings is 1. The van der Waals surface area contributed by atoms with Crippen molar-refractivity contribution in [2.24, 2.45) is 0 Å². The summed E-state index contributed by atoms with van der Waals surface area (Å²) in [6, 6.07) is 3.95. The third-order valence-electron chi connectivity index (χ3n) is 3.29. The highest BCUT2D eigenvalue weighted by molar-refractivity contribution is 5.89. The third kappa shape index (κ3) is 3.92. The Hall–Kier alpha value is -1.62. The number of likely N-dealkylation sites (tertiary alicyclic amines) is 1. The van der Waals surface area contributed by atoms with Crippen molar-refractivity contribution in [1.29, 1.82) is 0 Å². The van der Waals surface area contributed by atoms with Crippen molar-refractivity contribution in [3.05, 3.63) is 29.6 Å². The second-order valence-electron chi connectivity index (χ2n) is 4.77. The molecule has 0 saturated carbocycles. The first kappa shape index (κ1) is 13.8. The molecule has 0 aliphatic carbocycles. The first-order chi connectivity index (χ1) is 9.16. The van der Waals surface area contributed by atoms with E-state index >= 15 is 0 Å². The van der Waals surface area contributed by atoms with E-state index in [4.69, 9.17) is 10.5 Å². The molecule has 0 atom stereocenters. The molecule has 1 heterocycles. The zero-order chi connectivity index (χ0) is 13.7. The molecule has 0 radical (unpaired) electrons. The monoisotopic (exact) mass is 266 g/mol. The average molecular weight is 266 g/mol. The van der Waals surface area contributed by atoms with Gasteiger partial charge in [-0.05, 0) is 50.6 Å². The van der Waals surface area contributed by atoms with E-state index in [-0.39, 0.29) is 11.3 Å². The summed E-state index contributed by atoms with van der Waals surface area (Å²) in [5.41, 5.74) is 5.58. The molecule has 2 N–H and O–H groups in total. The number of nitrogens with zero attached hydrogens (tertiary/aromatic N) is 1. The number of anilines is 1. The van der Waals surface area contributed by atoms with Crippen LogP contribution in [-0.2, 0) is 4.74 Å². The molecule has 0 spiro atoms. The number of nitrogen functional groups attached to an aromatic ring is 1. The van der Waals surface area contributed by atoms with Crippen LogP contribution < -0.4 is 5.73 Å². The SMILES string of the molecule is Nc1ccc(C(=O)OCCCN2CCCC2)cc1F. The van der Waals surface area contributed by atoms with Gasteiger partial charge >= 0.3 is 5.97 Å². The van der Waals surface area contributed by atoms with Crippen molar-refractivity contribution in [2.75, 3.05) is 32.0 Å². The number of esters is 1. The van der Waals surface area contributed by atoms with Crippen LogP contribution in [0.3, 0.4) is 0 Å². The van der Waals surface area contributed by atoms with Crippen LogP contribution in [0.25, 0.3) is 0 Å². The maximum Gasteiger partial charge on any atom is 0.338 e. The summed E-state index contributed by atoms with van der Waals surface area (Å²) in [5.74, 6) is -1.09. The Morgan fingerprint density at radius 3 is 2.79 bits per heavy atom. The summed E-state index contributed by atoms with van der Waals surface area (Å²) in [6.07, 6.45) is 3.32. The van der Waals surface area contributed by atoms with E-state index in [9.17, 15) is 9.18 Å². The van der Waals surface area contributed by atoms with E-state index in [0.29, 0.717) is 6.61 Å². The molecule has 4 nitrogen and oxygen atoms in total. The molecule has 104 valence electrons. The molecule has 1 aliphatic heterocycles. The van der Waals surface area contributed by atoms with Gasteiger partial charge in [-0.3, -0.25) is 0 Å². The zero-order valence-electron chi connectivity index (χ0n) is 10.9. The molecule has 1 aliphatic rings. The Morgan fingerprint density at radius 2 is 2.11 bits per heavy atom. The van der Waals surface area contributed by atoms with Crippen LogP contribution in [0.15, 0.2) is 18.2 Å². The molecular weight excluding hydrogens is 247 g/mol. The Bertz CT molecular complexity index is 445. The van der Waals surface area contributed by atoms with Crippen LogP contribution in [-0.4, -0.2) is 37.1 Å². The van der Waals surface area contributed by atoms with E-state index in [2.05, 4.69) is 4.90 Å². The molecule has 19 heavy (non-hydrogen) atoms. The number of ether oxygens (including phenoxy) is 1. The molecule has 1 aromatic rings. The standard InChI is InChI=1S/C14H19FN2O2/c15-12-10-11(4-5-13(12)16)14(18)19-9-3-8-17-6-1-2-7-17/h4-5,10H,1-3,6-9,16H2. The van der Waals surface area contributed by atoms with Crippen LogP contribution in [0.5, 0.6) is 0 Å². The van der Waals surface area contributed by atoms with Gasteiger partial charge in [0.2, 0.25) is 0 Å². The maximum absolute atomic E-state index is 13.2. The molecule has 0 aromatic heterocycles. The molecule has 1 fully saturated rings. The first-order valence-corrected chi connectivity index (χ1v) is 6.61. The summed E-state index contributed by atoms with van der Waals surface area (Å²) >= 11 is 0. The van der Waals surface area contributed by atoms with E-state index in [1.807, 2.05) is 0 Å². The van der Waals surface area contributed by atoms with E-state index in [1.165, 1.54) is 25.0 Å². The lowest BCUT2D eigenvalue weighted by molar-refractivity contribution is 0.0490. The lowest BCUT2D eigenvalue weighted by Gasteiger charge is -2.14. The van der Waals surface area contributed by atoms with E-state index in [1.54, 1.807) is 0 Å². The van der Waals surface area contributed by atoms with Gasteiger partial charge in [-0.15, -0.1) is 0 Å². The average Bonchev–Trinajstić information content (AvgIpc) is 2.91. The van der Waals surface area contributed by atoms with Gasteiger partial charge in [-0.2, -0.15) is 0 Å². The van der Waals surface area contributed by atoms with Gasteiger partial charge in [-0.25, -0.2) is 9.18 Å². The fraction of sp³-hybridized carbons (Fsp3) is 0.500. The molecule has 0 unspecified atom stereocenters. The number of nitrogens with two attached hydrogens (primary N) is 1. The zero-order valence-corrected chi connectivity index (χ0v) is 10.9. The van der Waals surface area contributed by atoms with Crippen molar-refractivity contribution in [1.82, 2.24) is 4.90 Å². The van der Waals surface area contributed by atoms with Gasteiger partial charge in [0.15, 0.2) is 0 Å². The van der Waals surface area contributed by atoms with Crippen molar-refractivity contribution >= 4 is 11.7 Å². The lowest BCUT2D eigenvalue weighted by Crippen LogP contribution is -2.22. The molecular formula is C14H19FN2O2. The predicted octanol–water partition coefficient (Wildman–Crippen LogP) is 2.05. The number of carbonyl (C=O) groups is 1. The Morgan fingerprint density at radius 1 is 1.37 bits per heavy atom. The summed E-state index contributed by atoms with van der Waals surface area (Å²) in [7, 11) is 0. The number of hydrogen-bond donors (Lipinski definition) is 1. The molecule has 1 aromatic carbocycles. The first-order valence-electron chi connectivity index (χ1n) is 6.61. The minimum Gasteiger partial charge on any atom is -0.462 e. The smallest absolute Gasteiger partial charge is 0.338 e. The Balaban J connectivity index is 1.72. The lowest BCUT2D eigenvalue weighted by atomic mass is 10.2. The largest absolute Gasteiger partial charge is 0.462 e. The maximum atomic E-state index is 13.2. The van der Waals surface area contributed by atoms with Gasteiger partial charge in [-0.1, -0.05) is 0 Å². The highest BCUT2D eigenvalue weighted by atomic mass is 19.1. The second kappa shape index (κ2) is 6.52. The molecule has 0 amide bonds. The molecule has 2 rings (SSSR count). The summed E-state index contributed by atoms with van der Waals surface area (Å²) < 4.78 is 18.3. The van der Waals surface area contributed by atoms with Crippen molar-refractivity contribution in [3.63, 3.8) is 0 Å². The van der Waals surface area contributed by atoms with Gasteiger partial charge in [0.1, 0.15) is 5.82 Å². The summed E-state index contributed by atoms with van der Waals surface area (Å²) in [5, 5.41) is 0. The van der Waals surface area contributed by atoms with E-state index < -0.39 is 11.8 Å². The highest BCUT2D eigenvalue weighted by Crippen LogP contribution is 2.13. The second-order valence-corrected chi connectivity index (χ2v) is 4.77. The van der Waals surface area contributed by atoms with Crippen LogP contribution in [0.4, 0.5) is 10.1 Å². The Kier molecular flexibility index (Phi) is 4.74. The number of halogens is 1. The van der Waals surface area contributed by atoms with Crippen molar-refractivity contribution < 1.29 is 13.9 Å². The molecule has 5 heteroatoms. The van der Waals surface area contributed by atoms with Gasteiger partial charge in [0, 0.05) is 6.54 Å². The number of hydrogen-bond acceptors (Lipinski definition) is 4. The quantitative estimate of drug-likeness (QED) is 0.503. The van der Waals surface area contributed by atoms with E-state index in [0.717, 1.165) is 32.1 Å². The molecule has 0 bridgehead atoms. The fourth-order valence-corrected chi connectivity index (χ4v) is 2.20. The van der Waals surface area contributed by atoms with Crippen molar-refractivity contribution in [2.45, 2.75) is 19.3 Å². The minimum atomic E-state index is -0.591. The number of rotatable bonds is 5. The third-order valence-corrected chi connectivity index (χ3v) is 3.29.